The van der Waals surface area contributed by atoms with E-state index in [2.05, 4.69) is 17.1 Å². The Kier molecular flexibility index (Phi) is 6.67. The van der Waals surface area contributed by atoms with E-state index in [0.717, 1.165) is 44.0 Å². The molecule has 1 aromatic rings. The Labute approximate surface area is 156 Å². The number of carbonyl (C=O) groups excluding carboxylic acids is 2. The largest absolute Gasteiger partial charge is 0.352 e. The number of nitrogens with zero attached hydrogens (tertiary/aromatic N) is 2. The van der Waals surface area contributed by atoms with Crippen LogP contribution in [0.5, 0.6) is 0 Å². The van der Waals surface area contributed by atoms with Crippen molar-refractivity contribution >= 4 is 17.5 Å². The lowest BCUT2D eigenvalue weighted by Crippen LogP contribution is -2.35. The molecule has 26 heavy (non-hydrogen) atoms. The summed E-state index contributed by atoms with van der Waals surface area (Å²) in [6.07, 6.45) is 6.21. The maximum Gasteiger partial charge on any atom is 0.251 e. The summed E-state index contributed by atoms with van der Waals surface area (Å²) in [6, 6.07) is 7.40. The van der Waals surface area contributed by atoms with Crippen molar-refractivity contribution in [1.29, 1.82) is 0 Å². The van der Waals surface area contributed by atoms with Gasteiger partial charge in [0.2, 0.25) is 5.91 Å². The number of anilines is 1. The highest BCUT2D eigenvalue weighted by atomic mass is 16.2. The fourth-order valence-corrected chi connectivity index (χ4v) is 3.76. The minimum atomic E-state index is -0.0335. The van der Waals surface area contributed by atoms with E-state index < -0.39 is 0 Å². The molecule has 0 aromatic heterocycles. The molecule has 2 aliphatic rings. The van der Waals surface area contributed by atoms with Crippen LogP contribution in [0.25, 0.3) is 0 Å². The molecule has 1 N–H and O–H groups in total. The molecule has 2 fully saturated rings. The number of nitrogens with one attached hydrogen (secondary N) is 1. The van der Waals surface area contributed by atoms with Gasteiger partial charge in [-0.05, 0) is 81.9 Å². The van der Waals surface area contributed by atoms with Crippen molar-refractivity contribution in [2.45, 2.75) is 45.4 Å². The van der Waals surface area contributed by atoms with Crippen molar-refractivity contribution < 1.29 is 9.59 Å². The molecule has 0 bridgehead atoms. The number of rotatable bonds is 6. The smallest absolute Gasteiger partial charge is 0.251 e. The molecule has 2 saturated heterocycles. The molecule has 0 atom stereocenters. The Morgan fingerprint density at radius 2 is 1.85 bits per heavy atom. The van der Waals surface area contributed by atoms with Crippen LogP contribution in [-0.4, -0.2) is 49.4 Å². The van der Waals surface area contributed by atoms with E-state index in [1.165, 1.54) is 25.9 Å². The summed E-state index contributed by atoms with van der Waals surface area (Å²) in [5.41, 5.74) is 1.55. The predicted molar refractivity (Wildman–Crippen MR) is 104 cm³/mol. The molecule has 142 valence electrons. The van der Waals surface area contributed by atoms with Gasteiger partial charge in [-0.1, -0.05) is 6.92 Å². The van der Waals surface area contributed by atoms with Gasteiger partial charge in [-0.3, -0.25) is 9.59 Å². The van der Waals surface area contributed by atoms with Crippen LogP contribution in [0.2, 0.25) is 0 Å². The SMILES string of the molecule is CC1CCN(CCCNC(=O)c2ccc(N3CCCCC3=O)cc2)CC1. The zero-order chi connectivity index (χ0) is 18.4. The van der Waals surface area contributed by atoms with E-state index in [9.17, 15) is 9.59 Å². The Morgan fingerprint density at radius 1 is 1.12 bits per heavy atom. The summed E-state index contributed by atoms with van der Waals surface area (Å²) in [5.74, 6) is 1.00. The first kappa shape index (κ1) is 18.9. The third-order valence-corrected chi connectivity index (χ3v) is 5.58. The van der Waals surface area contributed by atoms with Crippen molar-refractivity contribution in [2.75, 3.05) is 37.6 Å². The number of amides is 2. The molecule has 2 amide bonds. The second-order valence-electron chi connectivity index (χ2n) is 7.68. The van der Waals surface area contributed by atoms with Gasteiger partial charge in [0.1, 0.15) is 0 Å². The zero-order valence-electron chi connectivity index (χ0n) is 15.9. The van der Waals surface area contributed by atoms with Crippen molar-refractivity contribution in [3.63, 3.8) is 0 Å². The van der Waals surface area contributed by atoms with Crippen molar-refractivity contribution in [2.24, 2.45) is 5.92 Å². The highest BCUT2D eigenvalue weighted by Gasteiger charge is 2.19. The van der Waals surface area contributed by atoms with Gasteiger partial charge in [0.25, 0.3) is 5.91 Å². The van der Waals surface area contributed by atoms with E-state index in [4.69, 9.17) is 0 Å². The Morgan fingerprint density at radius 3 is 2.54 bits per heavy atom. The summed E-state index contributed by atoms with van der Waals surface area (Å²) in [7, 11) is 0. The van der Waals surface area contributed by atoms with Gasteiger partial charge in [0, 0.05) is 30.8 Å². The molecule has 0 radical (unpaired) electrons. The van der Waals surface area contributed by atoms with Crippen LogP contribution in [0, 0.1) is 5.92 Å². The molecule has 3 rings (SSSR count). The lowest BCUT2D eigenvalue weighted by atomic mass is 9.99. The molecule has 5 heteroatoms. The molecular weight excluding hydrogens is 326 g/mol. The molecule has 0 unspecified atom stereocenters. The molecule has 2 heterocycles. The average Bonchev–Trinajstić information content (AvgIpc) is 2.67. The van der Waals surface area contributed by atoms with E-state index in [1.54, 1.807) is 0 Å². The lowest BCUT2D eigenvalue weighted by molar-refractivity contribution is -0.119. The number of hydrogen-bond donors (Lipinski definition) is 1. The van der Waals surface area contributed by atoms with Crippen LogP contribution in [0.3, 0.4) is 0 Å². The summed E-state index contributed by atoms with van der Waals surface area (Å²) in [6.45, 7) is 7.24. The second kappa shape index (κ2) is 9.17. The van der Waals surface area contributed by atoms with Gasteiger partial charge in [0.15, 0.2) is 0 Å². The molecule has 0 aliphatic carbocycles. The second-order valence-corrected chi connectivity index (χ2v) is 7.68. The highest BCUT2D eigenvalue weighted by molar-refractivity contribution is 5.96. The monoisotopic (exact) mass is 357 g/mol. The maximum atomic E-state index is 12.3. The average molecular weight is 357 g/mol. The number of piperidine rings is 2. The molecule has 2 aliphatic heterocycles. The first-order valence-corrected chi connectivity index (χ1v) is 10.0. The van der Waals surface area contributed by atoms with Crippen LogP contribution in [0.15, 0.2) is 24.3 Å². The lowest BCUT2D eigenvalue weighted by Gasteiger charge is -2.30. The van der Waals surface area contributed by atoms with E-state index in [-0.39, 0.29) is 11.8 Å². The Hall–Kier alpha value is -1.88. The minimum absolute atomic E-state index is 0.0335. The van der Waals surface area contributed by atoms with Gasteiger partial charge in [-0.25, -0.2) is 0 Å². The molecule has 1 aromatic carbocycles. The molecule has 5 nitrogen and oxygen atoms in total. The normalized spacial score (nSPS) is 19.6. The zero-order valence-corrected chi connectivity index (χ0v) is 15.9. The first-order chi connectivity index (χ1) is 12.6. The van der Waals surface area contributed by atoms with Crippen molar-refractivity contribution in [3.8, 4) is 0 Å². The third kappa shape index (κ3) is 5.07. The highest BCUT2D eigenvalue weighted by Crippen LogP contribution is 2.21. The van der Waals surface area contributed by atoms with Gasteiger partial charge in [-0.15, -0.1) is 0 Å². The number of carbonyl (C=O) groups is 2. The van der Waals surface area contributed by atoms with Crippen LogP contribution >= 0.6 is 0 Å². The topological polar surface area (TPSA) is 52.7 Å². The maximum absolute atomic E-state index is 12.3. The van der Waals surface area contributed by atoms with Crippen molar-refractivity contribution in [3.05, 3.63) is 29.8 Å². The van der Waals surface area contributed by atoms with E-state index in [1.807, 2.05) is 29.2 Å². The van der Waals surface area contributed by atoms with Crippen LogP contribution in [0.4, 0.5) is 5.69 Å². The van der Waals surface area contributed by atoms with Gasteiger partial charge < -0.3 is 15.1 Å². The van der Waals surface area contributed by atoms with Gasteiger partial charge in [-0.2, -0.15) is 0 Å². The molecular formula is C21H31N3O2. The fourth-order valence-electron chi connectivity index (χ4n) is 3.76. The number of benzene rings is 1. The Balaban J connectivity index is 1.41. The fraction of sp³-hybridized carbons (Fsp3) is 0.619. The van der Waals surface area contributed by atoms with Gasteiger partial charge >= 0.3 is 0 Å². The van der Waals surface area contributed by atoms with Crippen LogP contribution < -0.4 is 10.2 Å². The quantitative estimate of drug-likeness (QED) is 0.796. The predicted octanol–water partition coefficient (Wildman–Crippen LogP) is 3.06. The molecule has 0 saturated carbocycles. The minimum Gasteiger partial charge on any atom is -0.352 e. The summed E-state index contributed by atoms with van der Waals surface area (Å²) in [4.78, 5) is 28.6. The van der Waals surface area contributed by atoms with Crippen LogP contribution in [-0.2, 0) is 4.79 Å². The molecule has 0 spiro atoms. The summed E-state index contributed by atoms with van der Waals surface area (Å²) in [5, 5.41) is 3.01. The first-order valence-electron chi connectivity index (χ1n) is 10.0. The number of hydrogen-bond acceptors (Lipinski definition) is 3. The van der Waals surface area contributed by atoms with E-state index in [0.29, 0.717) is 18.5 Å². The summed E-state index contributed by atoms with van der Waals surface area (Å²) < 4.78 is 0. The van der Waals surface area contributed by atoms with Crippen LogP contribution in [0.1, 0.15) is 55.8 Å². The number of likely N-dealkylation sites (tertiary alicyclic amines) is 1. The third-order valence-electron chi connectivity index (χ3n) is 5.58. The van der Waals surface area contributed by atoms with Crippen molar-refractivity contribution in [1.82, 2.24) is 10.2 Å². The van der Waals surface area contributed by atoms with E-state index >= 15 is 0 Å². The standard InChI is InChI=1S/C21H31N3O2/c1-17-10-15-23(16-11-17)13-4-12-22-21(26)18-6-8-19(9-7-18)24-14-3-2-5-20(24)25/h6-9,17H,2-5,10-16H2,1H3,(H,22,26). The van der Waals surface area contributed by atoms with Gasteiger partial charge in [0.05, 0.1) is 0 Å². The summed E-state index contributed by atoms with van der Waals surface area (Å²) >= 11 is 0. The Bertz CT molecular complexity index is 606.